The molecule has 6 heteroatoms. The van der Waals surface area contributed by atoms with E-state index in [9.17, 15) is 14.4 Å². The molecule has 1 rings (SSSR count). The van der Waals surface area contributed by atoms with Gasteiger partial charge in [-0.3, -0.25) is 9.59 Å². The molecule has 0 aromatic heterocycles. The van der Waals surface area contributed by atoms with Crippen LogP contribution in [0.15, 0.2) is 24.3 Å². The van der Waals surface area contributed by atoms with E-state index >= 15 is 0 Å². The molecule has 1 saturated heterocycles. The van der Waals surface area contributed by atoms with Gasteiger partial charge in [0.25, 0.3) is 0 Å². The SMILES string of the molecule is CCC/C=C/C/C=C/CCC(CC1OC(=O)C1C)OC(=O)[C@H](C)NC=O. The Morgan fingerprint density at radius 1 is 1.27 bits per heavy atom. The molecule has 0 spiro atoms. The zero-order valence-electron chi connectivity index (χ0n) is 16.0. The van der Waals surface area contributed by atoms with Gasteiger partial charge in [-0.05, 0) is 39.5 Å². The smallest absolute Gasteiger partial charge is 0.328 e. The van der Waals surface area contributed by atoms with Crippen LogP contribution in [0.5, 0.6) is 0 Å². The van der Waals surface area contributed by atoms with E-state index in [1.54, 1.807) is 6.92 Å². The van der Waals surface area contributed by atoms with E-state index in [0.717, 1.165) is 25.7 Å². The van der Waals surface area contributed by atoms with E-state index < -0.39 is 12.0 Å². The van der Waals surface area contributed by atoms with E-state index in [1.807, 2.05) is 6.92 Å². The summed E-state index contributed by atoms with van der Waals surface area (Å²) in [6.07, 6.45) is 13.4. The van der Waals surface area contributed by atoms with Crippen LogP contribution in [0.4, 0.5) is 0 Å². The average molecular weight is 365 g/mol. The second kappa shape index (κ2) is 12.3. The van der Waals surface area contributed by atoms with Gasteiger partial charge in [-0.2, -0.15) is 0 Å². The zero-order chi connectivity index (χ0) is 19.4. The minimum absolute atomic E-state index is 0.166. The topological polar surface area (TPSA) is 81.7 Å². The van der Waals surface area contributed by atoms with Gasteiger partial charge in [0, 0.05) is 6.42 Å². The Bertz CT molecular complexity index is 514. The summed E-state index contributed by atoms with van der Waals surface area (Å²) in [6.45, 7) is 5.53. The number of carbonyl (C=O) groups is 3. The average Bonchev–Trinajstić information content (AvgIpc) is 2.63. The number of unbranched alkanes of at least 4 members (excludes halogenated alkanes) is 1. The molecule has 0 aliphatic carbocycles. The lowest BCUT2D eigenvalue weighted by Crippen LogP contribution is -2.46. The summed E-state index contributed by atoms with van der Waals surface area (Å²) >= 11 is 0. The molecule has 1 heterocycles. The molecule has 146 valence electrons. The van der Waals surface area contributed by atoms with Crippen molar-refractivity contribution in [2.45, 2.75) is 77.5 Å². The highest BCUT2D eigenvalue weighted by Crippen LogP contribution is 2.27. The molecule has 0 bridgehead atoms. The Morgan fingerprint density at radius 2 is 1.96 bits per heavy atom. The van der Waals surface area contributed by atoms with Crippen molar-refractivity contribution in [1.82, 2.24) is 5.32 Å². The molecule has 0 aromatic carbocycles. The molecule has 1 aliphatic rings. The quantitative estimate of drug-likeness (QED) is 0.308. The summed E-state index contributed by atoms with van der Waals surface area (Å²) in [5.41, 5.74) is 0. The standard InChI is InChI=1S/C20H31NO5/c1-4-5-6-7-8-9-10-11-12-17(13-18-15(2)19(23)26-18)25-20(24)16(3)21-14-22/h6-7,9-10,14-18H,4-5,8,11-13H2,1-3H3,(H,21,22)/b7-6+,10-9+/t15?,16-,17?,18?/m0/s1. The third-order valence-corrected chi connectivity index (χ3v) is 4.36. The first-order chi connectivity index (χ1) is 12.5. The fourth-order valence-electron chi connectivity index (χ4n) is 2.57. The number of amides is 1. The van der Waals surface area contributed by atoms with E-state index in [4.69, 9.17) is 9.47 Å². The van der Waals surface area contributed by atoms with Crippen LogP contribution in [0.3, 0.4) is 0 Å². The lowest BCUT2D eigenvalue weighted by atomic mass is 9.92. The zero-order valence-corrected chi connectivity index (χ0v) is 16.0. The number of nitrogens with one attached hydrogen (secondary N) is 1. The number of cyclic esters (lactones) is 1. The van der Waals surface area contributed by atoms with Crippen molar-refractivity contribution >= 4 is 18.3 Å². The lowest BCUT2D eigenvalue weighted by molar-refractivity contribution is -0.187. The minimum atomic E-state index is -0.699. The van der Waals surface area contributed by atoms with Gasteiger partial charge < -0.3 is 14.8 Å². The van der Waals surface area contributed by atoms with Crippen molar-refractivity contribution in [3.05, 3.63) is 24.3 Å². The summed E-state index contributed by atoms with van der Waals surface area (Å²) in [7, 11) is 0. The molecule has 26 heavy (non-hydrogen) atoms. The molecule has 4 atom stereocenters. The van der Waals surface area contributed by atoms with Crippen molar-refractivity contribution in [2.24, 2.45) is 5.92 Å². The van der Waals surface area contributed by atoms with E-state index in [0.29, 0.717) is 19.3 Å². The number of rotatable bonds is 13. The van der Waals surface area contributed by atoms with Gasteiger partial charge in [0.1, 0.15) is 18.2 Å². The maximum absolute atomic E-state index is 12.0. The fraction of sp³-hybridized carbons (Fsp3) is 0.650. The first kappa shape index (κ1) is 21.9. The molecule has 0 aromatic rings. The van der Waals surface area contributed by atoms with Crippen molar-refractivity contribution in [2.75, 3.05) is 0 Å². The van der Waals surface area contributed by atoms with Gasteiger partial charge in [-0.15, -0.1) is 0 Å². The van der Waals surface area contributed by atoms with Crippen LogP contribution in [-0.2, 0) is 23.9 Å². The monoisotopic (exact) mass is 365 g/mol. The highest BCUT2D eigenvalue weighted by atomic mass is 16.6. The fourth-order valence-corrected chi connectivity index (χ4v) is 2.57. The molecule has 0 saturated carbocycles. The summed E-state index contributed by atoms with van der Waals surface area (Å²) in [6, 6.07) is -0.699. The first-order valence-electron chi connectivity index (χ1n) is 9.40. The number of esters is 2. The Hall–Kier alpha value is -2.11. The molecular weight excluding hydrogens is 334 g/mol. The van der Waals surface area contributed by atoms with Crippen molar-refractivity contribution in [3.63, 3.8) is 0 Å². The van der Waals surface area contributed by atoms with Crippen LogP contribution in [0.1, 0.15) is 59.3 Å². The number of ether oxygens (including phenoxy) is 2. The minimum Gasteiger partial charge on any atom is -0.461 e. The summed E-state index contributed by atoms with van der Waals surface area (Å²) in [5.74, 6) is -0.859. The Labute approximate surface area is 156 Å². The normalized spacial score (nSPS) is 21.9. The Morgan fingerprint density at radius 3 is 2.54 bits per heavy atom. The van der Waals surface area contributed by atoms with Crippen LogP contribution in [0, 0.1) is 5.92 Å². The van der Waals surface area contributed by atoms with E-state index in [1.165, 1.54) is 0 Å². The Kier molecular flexibility index (Phi) is 10.4. The molecule has 1 N–H and O–H groups in total. The van der Waals surface area contributed by atoms with Gasteiger partial charge in [0.05, 0.1) is 5.92 Å². The molecule has 6 nitrogen and oxygen atoms in total. The number of hydrogen-bond acceptors (Lipinski definition) is 5. The molecule has 1 fully saturated rings. The molecule has 1 amide bonds. The maximum Gasteiger partial charge on any atom is 0.328 e. The second-order valence-electron chi connectivity index (χ2n) is 6.61. The van der Waals surface area contributed by atoms with Gasteiger partial charge in [0.2, 0.25) is 6.41 Å². The van der Waals surface area contributed by atoms with Gasteiger partial charge in [-0.25, -0.2) is 4.79 Å². The van der Waals surface area contributed by atoms with Gasteiger partial charge in [-0.1, -0.05) is 37.6 Å². The largest absolute Gasteiger partial charge is 0.461 e. The Balaban J connectivity index is 2.46. The van der Waals surface area contributed by atoms with Crippen LogP contribution >= 0.6 is 0 Å². The van der Waals surface area contributed by atoms with Crippen LogP contribution in [-0.4, -0.2) is 36.6 Å². The molecule has 3 unspecified atom stereocenters. The van der Waals surface area contributed by atoms with Crippen molar-refractivity contribution in [3.8, 4) is 0 Å². The third-order valence-electron chi connectivity index (χ3n) is 4.36. The summed E-state index contributed by atoms with van der Waals surface area (Å²) in [5, 5.41) is 2.39. The van der Waals surface area contributed by atoms with E-state index in [2.05, 4.69) is 36.5 Å². The maximum atomic E-state index is 12.0. The highest BCUT2D eigenvalue weighted by Gasteiger charge is 2.40. The van der Waals surface area contributed by atoms with Gasteiger partial charge in [0.15, 0.2) is 0 Å². The second-order valence-corrected chi connectivity index (χ2v) is 6.61. The highest BCUT2D eigenvalue weighted by molar-refractivity contribution is 5.78. The van der Waals surface area contributed by atoms with Crippen LogP contribution < -0.4 is 5.32 Å². The lowest BCUT2D eigenvalue weighted by Gasteiger charge is -2.35. The number of carbonyl (C=O) groups excluding carboxylic acids is 3. The van der Waals surface area contributed by atoms with Crippen LogP contribution in [0.25, 0.3) is 0 Å². The third kappa shape index (κ3) is 7.85. The summed E-state index contributed by atoms with van der Waals surface area (Å²) < 4.78 is 10.6. The predicted octanol–water partition coefficient (Wildman–Crippen LogP) is 3.07. The van der Waals surface area contributed by atoms with Crippen LogP contribution in [0.2, 0.25) is 0 Å². The molecule has 0 radical (unpaired) electrons. The first-order valence-corrected chi connectivity index (χ1v) is 9.40. The van der Waals surface area contributed by atoms with E-state index in [-0.39, 0.29) is 24.1 Å². The number of allylic oxidation sites excluding steroid dienone is 4. The molecule has 1 aliphatic heterocycles. The van der Waals surface area contributed by atoms with Crippen molar-refractivity contribution in [1.29, 1.82) is 0 Å². The number of hydrogen-bond donors (Lipinski definition) is 1. The predicted molar refractivity (Wildman–Crippen MR) is 99.2 cm³/mol. The summed E-state index contributed by atoms with van der Waals surface area (Å²) in [4.78, 5) is 33.7. The van der Waals surface area contributed by atoms with Gasteiger partial charge >= 0.3 is 11.9 Å². The molecular formula is C20H31NO5. The van der Waals surface area contributed by atoms with Crippen molar-refractivity contribution < 1.29 is 23.9 Å².